The summed E-state index contributed by atoms with van der Waals surface area (Å²) in [6, 6.07) is 13.5. The molecule has 0 heterocycles. The first-order valence-electron chi connectivity index (χ1n) is 7.48. The Hall–Kier alpha value is -1.76. The van der Waals surface area contributed by atoms with Crippen molar-refractivity contribution >= 4 is 28.5 Å². The highest BCUT2D eigenvalue weighted by atomic mass is 127. The molecule has 0 aromatic heterocycles. The molecule has 2 aromatic carbocycles. The molecular weight excluding hydrogens is 405 g/mol. The summed E-state index contributed by atoms with van der Waals surface area (Å²) in [5.74, 6) is 1.12. The van der Waals surface area contributed by atoms with E-state index in [1.165, 1.54) is 0 Å². The van der Waals surface area contributed by atoms with Crippen LogP contribution < -0.4 is 14.8 Å². The molecule has 0 bridgehead atoms. The second kappa shape index (κ2) is 8.76. The van der Waals surface area contributed by atoms with Crippen molar-refractivity contribution in [2.24, 2.45) is 0 Å². The predicted octanol–water partition coefficient (Wildman–Crippen LogP) is 4.02. The molecule has 0 spiro atoms. The molecule has 1 N–H and O–H groups in total. The van der Waals surface area contributed by atoms with Gasteiger partial charge in [-0.25, -0.2) is 0 Å². The van der Waals surface area contributed by atoms with E-state index in [2.05, 4.69) is 27.9 Å². The minimum absolute atomic E-state index is 0.0994. The van der Waals surface area contributed by atoms with Gasteiger partial charge in [-0.3, -0.25) is 4.79 Å². The molecule has 0 fully saturated rings. The number of carbonyl (C=O) groups is 1. The zero-order valence-electron chi connectivity index (χ0n) is 13.3. The summed E-state index contributed by atoms with van der Waals surface area (Å²) in [6.45, 7) is 3.13. The zero-order valence-corrected chi connectivity index (χ0v) is 15.4. The van der Waals surface area contributed by atoms with Gasteiger partial charge in [0.15, 0.2) is 11.5 Å². The van der Waals surface area contributed by atoms with Crippen molar-refractivity contribution in [1.82, 2.24) is 5.32 Å². The van der Waals surface area contributed by atoms with Crippen LogP contribution in [0, 0.1) is 3.57 Å². The number of methoxy groups -OCH3 is 1. The van der Waals surface area contributed by atoms with Crippen molar-refractivity contribution in [2.75, 3.05) is 13.7 Å². The van der Waals surface area contributed by atoms with Crippen LogP contribution in [0.4, 0.5) is 0 Å². The molecule has 0 atom stereocenters. The molecule has 0 unspecified atom stereocenters. The number of amides is 1. The summed E-state index contributed by atoms with van der Waals surface area (Å²) < 4.78 is 12.1. The van der Waals surface area contributed by atoms with Crippen molar-refractivity contribution in [3.63, 3.8) is 0 Å². The van der Waals surface area contributed by atoms with Gasteiger partial charge in [0.25, 0.3) is 5.91 Å². The highest BCUT2D eigenvalue weighted by Gasteiger charge is 2.15. The van der Waals surface area contributed by atoms with Gasteiger partial charge in [-0.05, 0) is 46.7 Å². The summed E-state index contributed by atoms with van der Waals surface area (Å²) in [7, 11) is 1.58. The van der Waals surface area contributed by atoms with Crippen molar-refractivity contribution in [3.05, 3.63) is 57.2 Å². The van der Waals surface area contributed by atoms with Crippen LogP contribution in [0.15, 0.2) is 42.5 Å². The number of ether oxygens (including phenoxy) is 2. The van der Waals surface area contributed by atoms with Crippen LogP contribution in [-0.2, 0) is 6.61 Å². The lowest BCUT2D eigenvalue weighted by atomic mass is 10.2. The largest absolute Gasteiger partial charge is 0.493 e. The maximum absolute atomic E-state index is 12.1. The monoisotopic (exact) mass is 425 g/mol. The molecular formula is C18H20INO3. The molecule has 0 aliphatic rings. The summed E-state index contributed by atoms with van der Waals surface area (Å²) in [5, 5.41) is 2.87. The van der Waals surface area contributed by atoms with Crippen LogP contribution in [0.5, 0.6) is 11.5 Å². The third kappa shape index (κ3) is 4.86. The Bertz CT molecular complexity index is 659. The lowest BCUT2D eigenvalue weighted by Gasteiger charge is -2.14. The molecule has 122 valence electrons. The van der Waals surface area contributed by atoms with Gasteiger partial charge >= 0.3 is 0 Å². The van der Waals surface area contributed by atoms with E-state index >= 15 is 0 Å². The van der Waals surface area contributed by atoms with Crippen LogP contribution >= 0.6 is 22.6 Å². The van der Waals surface area contributed by atoms with Gasteiger partial charge in [0.1, 0.15) is 6.61 Å². The SMILES string of the molecule is CCCNC(=O)c1cc(I)c(OCc2ccccc2)c(OC)c1. The molecule has 23 heavy (non-hydrogen) atoms. The van der Waals surface area contributed by atoms with E-state index in [1.807, 2.05) is 43.3 Å². The third-order valence-corrected chi connectivity index (χ3v) is 4.05. The highest BCUT2D eigenvalue weighted by Crippen LogP contribution is 2.34. The fraction of sp³-hybridized carbons (Fsp3) is 0.278. The quantitative estimate of drug-likeness (QED) is 0.682. The number of nitrogens with one attached hydrogen (secondary N) is 1. The van der Waals surface area contributed by atoms with Crippen LogP contribution in [-0.4, -0.2) is 19.6 Å². The fourth-order valence-electron chi connectivity index (χ4n) is 2.06. The average Bonchev–Trinajstić information content (AvgIpc) is 2.58. The van der Waals surface area contributed by atoms with Crippen LogP contribution in [0.1, 0.15) is 29.3 Å². The molecule has 0 radical (unpaired) electrons. The topological polar surface area (TPSA) is 47.6 Å². The molecule has 4 nitrogen and oxygen atoms in total. The third-order valence-electron chi connectivity index (χ3n) is 3.25. The van der Waals surface area contributed by atoms with Gasteiger partial charge < -0.3 is 14.8 Å². The van der Waals surface area contributed by atoms with Crippen molar-refractivity contribution in [3.8, 4) is 11.5 Å². The smallest absolute Gasteiger partial charge is 0.251 e. The Balaban J connectivity index is 2.18. The lowest BCUT2D eigenvalue weighted by molar-refractivity contribution is 0.0953. The maximum Gasteiger partial charge on any atom is 0.251 e. The summed E-state index contributed by atoms with van der Waals surface area (Å²) >= 11 is 2.16. The van der Waals surface area contributed by atoms with Gasteiger partial charge in [0.05, 0.1) is 10.7 Å². The standard InChI is InChI=1S/C18H20INO3/c1-3-9-20-18(21)14-10-15(19)17(16(11-14)22-2)23-12-13-7-5-4-6-8-13/h4-8,10-11H,3,9,12H2,1-2H3,(H,20,21). The minimum Gasteiger partial charge on any atom is -0.493 e. The van der Waals surface area contributed by atoms with E-state index in [-0.39, 0.29) is 5.91 Å². The molecule has 0 aliphatic heterocycles. The van der Waals surface area contributed by atoms with Gasteiger partial charge in [-0.1, -0.05) is 37.3 Å². The molecule has 0 saturated carbocycles. The summed E-state index contributed by atoms with van der Waals surface area (Å²) in [4.78, 5) is 12.1. The van der Waals surface area contributed by atoms with E-state index in [0.717, 1.165) is 15.6 Å². The van der Waals surface area contributed by atoms with Crippen molar-refractivity contribution in [2.45, 2.75) is 20.0 Å². The van der Waals surface area contributed by atoms with E-state index in [1.54, 1.807) is 13.2 Å². The molecule has 2 rings (SSSR count). The normalized spacial score (nSPS) is 10.2. The predicted molar refractivity (Wildman–Crippen MR) is 99.1 cm³/mol. The summed E-state index contributed by atoms with van der Waals surface area (Å²) in [5.41, 5.74) is 1.65. The van der Waals surface area contributed by atoms with Gasteiger partial charge in [-0.2, -0.15) is 0 Å². The molecule has 2 aromatic rings. The van der Waals surface area contributed by atoms with Crippen LogP contribution in [0.3, 0.4) is 0 Å². The highest BCUT2D eigenvalue weighted by molar-refractivity contribution is 14.1. The first kappa shape index (κ1) is 17.6. The number of hydrogen-bond acceptors (Lipinski definition) is 3. The van der Waals surface area contributed by atoms with Gasteiger partial charge in [0.2, 0.25) is 0 Å². The number of rotatable bonds is 7. The van der Waals surface area contributed by atoms with E-state index in [4.69, 9.17) is 9.47 Å². The maximum atomic E-state index is 12.1. The number of halogens is 1. The number of carbonyl (C=O) groups excluding carboxylic acids is 1. The summed E-state index contributed by atoms with van der Waals surface area (Å²) in [6.07, 6.45) is 0.901. The van der Waals surface area contributed by atoms with E-state index in [9.17, 15) is 4.79 Å². The number of hydrogen-bond donors (Lipinski definition) is 1. The second-order valence-corrected chi connectivity index (χ2v) is 6.18. The van der Waals surface area contributed by atoms with E-state index in [0.29, 0.717) is 30.2 Å². The van der Waals surface area contributed by atoms with Gasteiger partial charge in [-0.15, -0.1) is 0 Å². The second-order valence-electron chi connectivity index (χ2n) is 5.02. The average molecular weight is 425 g/mol. The van der Waals surface area contributed by atoms with Crippen molar-refractivity contribution < 1.29 is 14.3 Å². The van der Waals surface area contributed by atoms with Crippen LogP contribution in [0.2, 0.25) is 0 Å². The van der Waals surface area contributed by atoms with Crippen molar-refractivity contribution in [1.29, 1.82) is 0 Å². The Labute approximate surface area is 150 Å². The minimum atomic E-state index is -0.0994. The molecule has 0 aliphatic carbocycles. The first-order valence-corrected chi connectivity index (χ1v) is 8.56. The first-order chi connectivity index (χ1) is 11.2. The molecule has 5 heteroatoms. The Morgan fingerprint density at radius 3 is 2.61 bits per heavy atom. The Kier molecular flexibility index (Phi) is 6.70. The Morgan fingerprint density at radius 1 is 1.22 bits per heavy atom. The fourth-order valence-corrected chi connectivity index (χ4v) is 2.82. The van der Waals surface area contributed by atoms with Crippen LogP contribution in [0.25, 0.3) is 0 Å². The van der Waals surface area contributed by atoms with Gasteiger partial charge in [0, 0.05) is 12.1 Å². The number of benzene rings is 2. The van der Waals surface area contributed by atoms with E-state index < -0.39 is 0 Å². The molecule has 1 amide bonds. The molecule has 0 saturated heterocycles. The lowest BCUT2D eigenvalue weighted by Crippen LogP contribution is -2.24. The zero-order chi connectivity index (χ0) is 16.7. The Morgan fingerprint density at radius 2 is 1.96 bits per heavy atom.